The molecule has 0 spiro atoms. The summed E-state index contributed by atoms with van der Waals surface area (Å²) in [4.78, 5) is 29.1. The van der Waals surface area contributed by atoms with E-state index >= 15 is 0 Å². The van der Waals surface area contributed by atoms with Crippen molar-refractivity contribution in [3.8, 4) is 0 Å². The molecule has 0 unspecified atom stereocenters. The molecule has 0 bridgehead atoms. The summed E-state index contributed by atoms with van der Waals surface area (Å²) in [6, 6.07) is 15.4. The molecule has 1 aliphatic rings. The number of fused-ring (bicyclic) bond motifs is 1. The molecule has 2 aromatic carbocycles. The van der Waals surface area contributed by atoms with Crippen molar-refractivity contribution in [3.05, 3.63) is 81.9 Å². The van der Waals surface area contributed by atoms with E-state index in [-0.39, 0.29) is 5.56 Å². The molecule has 2 N–H and O–H groups in total. The van der Waals surface area contributed by atoms with Gasteiger partial charge >= 0.3 is 0 Å². The zero-order valence-electron chi connectivity index (χ0n) is 15.3. The van der Waals surface area contributed by atoms with Crippen LogP contribution in [0.4, 0.5) is 0 Å². The van der Waals surface area contributed by atoms with Crippen molar-refractivity contribution >= 4 is 22.9 Å². The molecule has 6 nitrogen and oxygen atoms in total. The van der Waals surface area contributed by atoms with Crippen molar-refractivity contribution in [2.75, 3.05) is 0 Å². The second-order valence-electron chi connectivity index (χ2n) is 7.02. The Labute approximate surface area is 162 Å². The van der Waals surface area contributed by atoms with E-state index in [4.69, 9.17) is 10.2 Å². The molecule has 1 fully saturated rings. The van der Waals surface area contributed by atoms with E-state index in [1.165, 1.54) is 11.6 Å². The van der Waals surface area contributed by atoms with Crippen LogP contribution in [0.1, 0.15) is 35.7 Å². The van der Waals surface area contributed by atoms with E-state index in [0.29, 0.717) is 23.4 Å². The first-order chi connectivity index (χ1) is 13.7. The van der Waals surface area contributed by atoms with Gasteiger partial charge in [-0.1, -0.05) is 36.4 Å². The van der Waals surface area contributed by atoms with Gasteiger partial charge in [-0.25, -0.2) is 10.5 Å². The molecule has 1 aromatic heterocycles. The fourth-order valence-corrected chi connectivity index (χ4v) is 3.32. The average molecular weight is 375 g/mol. The molecule has 28 heavy (non-hydrogen) atoms. The Kier molecular flexibility index (Phi) is 5.04. The third kappa shape index (κ3) is 3.87. The van der Waals surface area contributed by atoms with Gasteiger partial charge in [0.2, 0.25) is 0 Å². The Bertz CT molecular complexity index is 1100. The normalized spacial score (nSPS) is 13.9. The van der Waals surface area contributed by atoms with Crippen molar-refractivity contribution in [1.29, 1.82) is 0 Å². The van der Waals surface area contributed by atoms with Gasteiger partial charge in [-0.15, -0.1) is 0 Å². The first-order valence-corrected chi connectivity index (χ1v) is 9.36. The smallest absolute Gasteiger partial charge is 0.267 e. The van der Waals surface area contributed by atoms with Gasteiger partial charge in [0.15, 0.2) is 0 Å². The van der Waals surface area contributed by atoms with Gasteiger partial charge in [0, 0.05) is 18.5 Å². The van der Waals surface area contributed by atoms with Crippen molar-refractivity contribution < 1.29 is 10.0 Å². The predicted octanol–water partition coefficient (Wildman–Crippen LogP) is 3.04. The zero-order valence-corrected chi connectivity index (χ0v) is 15.3. The molecule has 0 atom stereocenters. The number of rotatable bonds is 6. The van der Waals surface area contributed by atoms with E-state index in [1.807, 2.05) is 22.8 Å². The Hall–Kier alpha value is -3.25. The van der Waals surface area contributed by atoms with Crippen molar-refractivity contribution in [1.82, 2.24) is 15.0 Å². The summed E-state index contributed by atoms with van der Waals surface area (Å²) in [5.41, 5.74) is 4.10. The molecule has 142 valence electrons. The monoisotopic (exact) mass is 375 g/mol. The minimum atomic E-state index is -0.608. The molecule has 4 rings (SSSR count). The highest BCUT2D eigenvalue weighted by Gasteiger charge is 2.29. The molecule has 1 aliphatic carbocycles. The lowest BCUT2D eigenvalue weighted by atomic mass is 10.1. The fraction of sp³-hybridized carbons (Fsp3) is 0.227. The Morgan fingerprint density at radius 1 is 1.21 bits per heavy atom. The second-order valence-corrected chi connectivity index (χ2v) is 7.02. The number of hydroxylamine groups is 1. The van der Waals surface area contributed by atoms with Gasteiger partial charge < -0.3 is 0 Å². The number of hydrogen-bond donors (Lipinski definition) is 2. The lowest BCUT2D eigenvalue weighted by Crippen LogP contribution is -2.26. The van der Waals surface area contributed by atoms with Gasteiger partial charge in [0.1, 0.15) is 5.82 Å². The first kappa shape index (κ1) is 18.1. The third-order valence-electron chi connectivity index (χ3n) is 4.96. The Balaban J connectivity index is 1.70. The van der Waals surface area contributed by atoms with E-state index in [1.54, 1.807) is 29.8 Å². The van der Waals surface area contributed by atoms with Crippen LogP contribution in [0.15, 0.2) is 59.4 Å². The number of benzene rings is 2. The van der Waals surface area contributed by atoms with Crippen molar-refractivity contribution in [2.45, 2.75) is 31.7 Å². The first-order valence-electron chi connectivity index (χ1n) is 9.36. The summed E-state index contributed by atoms with van der Waals surface area (Å²) >= 11 is 0. The maximum absolute atomic E-state index is 13.1. The quantitative estimate of drug-likeness (QED) is 0.394. The van der Waals surface area contributed by atoms with E-state index in [9.17, 15) is 9.59 Å². The molecule has 0 saturated heterocycles. The summed E-state index contributed by atoms with van der Waals surface area (Å²) in [5.74, 6) is 0.581. The van der Waals surface area contributed by atoms with Crippen LogP contribution < -0.4 is 11.0 Å². The maximum Gasteiger partial charge on any atom is 0.267 e. The molecule has 0 radical (unpaired) electrons. The largest absolute Gasteiger partial charge is 0.296 e. The molecule has 1 heterocycles. The predicted molar refractivity (Wildman–Crippen MR) is 107 cm³/mol. The number of hydrogen-bond acceptors (Lipinski definition) is 4. The number of carbonyl (C=O) groups is 1. The molecule has 0 aliphatic heterocycles. The molecular formula is C22H21N3O3. The number of nitrogens with zero attached hydrogens (tertiary/aromatic N) is 2. The van der Waals surface area contributed by atoms with Crippen LogP contribution in [-0.2, 0) is 17.8 Å². The minimum absolute atomic E-state index is 0.0218. The van der Waals surface area contributed by atoms with Gasteiger partial charge in [0.05, 0.1) is 10.9 Å². The molecule has 1 amide bonds. The summed E-state index contributed by atoms with van der Waals surface area (Å²) in [6.45, 7) is 0.607. The van der Waals surface area contributed by atoms with E-state index < -0.39 is 5.91 Å². The number of amides is 1. The summed E-state index contributed by atoms with van der Waals surface area (Å²) in [5, 5.41) is 9.15. The highest BCUT2D eigenvalue weighted by molar-refractivity contribution is 5.91. The van der Waals surface area contributed by atoms with E-state index in [0.717, 1.165) is 30.7 Å². The SMILES string of the molecule is O=C(C=Cc1ccc2c(=O)n(CCc3ccccc3)c(C3CC3)nc2c1)NO. The molecule has 3 aromatic rings. The van der Waals surface area contributed by atoms with Crippen molar-refractivity contribution in [2.24, 2.45) is 0 Å². The van der Waals surface area contributed by atoms with Gasteiger partial charge in [-0.05, 0) is 48.6 Å². The highest BCUT2D eigenvalue weighted by atomic mass is 16.5. The standard InChI is InChI=1S/C22H21N3O3/c26-20(24-28)11-7-16-6-10-18-19(14-16)23-21(17-8-9-17)25(22(18)27)13-12-15-4-2-1-3-5-15/h1-7,10-11,14,17,28H,8-9,12-13H2,(H,24,26). The van der Waals surface area contributed by atoms with E-state index in [2.05, 4.69) is 12.1 Å². The van der Waals surface area contributed by atoms with Crippen LogP contribution in [0.2, 0.25) is 0 Å². The fourth-order valence-electron chi connectivity index (χ4n) is 3.32. The Morgan fingerprint density at radius 2 is 2.00 bits per heavy atom. The second kappa shape index (κ2) is 7.78. The van der Waals surface area contributed by atoms with Gasteiger partial charge in [-0.3, -0.25) is 19.4 Å². The van der Waals surface area contributed by atoms with Crippen LogP contribution in [0.25, 0.3) is 17.0 Å². The third-order valence-corrected chi connectivity index (χ3v) is 4.96. The minimum Gasteiger partial charge on any atom is -0.296 e. The van der Waals surface area contributed by atoms with Gasteiger partial charge in [0.25, 0.3) is 11.5 Å². The van der Waals surface area contributed by atoms with Crippen LogP contribution >= 0.6 is 0 Å². The summed E-state index contributed by atoms with van der Waals surface area (Å²) in [6.07, 6.45) is 5.69. The Morgan fingerprint density at radius 3 is 2.71 bits per heavy atom. The zero-order chi connectivity index (χ0) is 19.5. The summed E-state index contributed by atoms with van der Waals surface area (Å²) in [7, 11) is 0. The highest BCUT2D eigenvalue weighted by Crippen LogP contribution is 2.39. The maximum atomic E-state index is 13.1. The summed E-state index contributed by atoms with van der Waals surface area (Å²) < 4.78 is 1.82. The van der Waals surface area contributed by atoms with Gasteiger partial charge in [-0.2, -0.15) is 0 Å². The molecule has 6 heteroatoms. The number of carbonyl (C=O) groups excluding carboxylic acids is 1. The van der Waals surface area contributed by atoms with Crippen molar-refractivity contribution in [3.63, 3.8) is 0 Å². The topological polar surface area (TPSA) is 84.2 Å². The number of aromatic nitrogens is 2. The van der Waals surface area contributed by atoms with Crippen LogP contribution in [-0.4, -0.2) is 20.7 Å². The van der Waals surface area contributed by atoms with Crippen LogP contribution in [0.3, 0.4) is 0 Å². The lowest BCUT2D eigenvalue weighted by Gasteiger charge is -2.13. The molecule has 1 saturated carbocycles. The van der Waals surface area contributed by atoms with Crippen LogP contribution in [0.5, 0.6) is 0 Å². The number of nitrogens with one attached hydrogen (secondary N) is 1. The number of aryl methyl sites for hydroxylation is 1. The average Bonchev–Trinajstić information content (AvgIpc) is 3.57. The molecular weight excluding hydrogens is 354 g/mol. The lowest BCUT2D eigenvalue weighted by molar-refractivity contribution is -0.124. The van der Waals surface area contributed by atoms with Crippen LogP contribution in [0, 0.1) is 0 Å².